The Labute approximate surface area is 163 Å². The third-order valence-corrected chi connectivity index (χ3v) is 6.34. The standard InChI is InChI=1S/C19H22FN3O4S/c1-2-27-17-7-6-15(28(25,26)23-10-4-3-5-11-23)13-16(17)22-19(24)14-8-9-21-18(20)12-14/h6-9,12-13H,2-5,10-11H2,1H3,(H,22,24). The van der Waals surface area contributed by atoms with Crippen LogP contribution in [0, 0.1) is 5.95 Å². The number of carbonyl (C=O) groups is 1. The maximum atomic E-state index is 13.3. The normalized spacial score (nSPS) is 15.2. The number of amides is 1. The van der Waals surface area contributed by atoms with Crippen molar-refractivity contribution in [3.8, 4) is 5.75 Å². The zero-order valence-corrected chi connectivity index (χ0v) is 16.3. The number of hydrogen-bond donors (Lipinski definition) is 1. The predicted molar refractivity (Wildman–Crippen MR) is 102 cm³/mol. The van der Waals surface area contributed by atoms with Gasteiger partial charge in [-0.05, 0) is 44.0 Å². The van der Waals surface area contributed by atoms with Gasteiger partial charge in [0.15, 0.2) is 0 Å². The zero-order valence-electron chi connectivity index (χ0n) is 15.5. The third-order valence-electron chi connectivity index (χ3n) is 4.44. The lowest BCUT2D eigenvalue weighted by atomic mass is 10.2. The van der Waals surface area contributed by atoms with E-state index in [2.05, 4.69) is 10.3 Å². The number of aromatic nitrogens is 1. The van der Waals surface area contributed by atoms with E-state index >= 15 is 0 Å². The Morgan fingerprint density at radius 1 is 1.21 bits per heavy atom. The molecule has 1 fully saturated rings. The lowest BCUT2D eigenvalue weighted by molar-refractivity contribution is 0.102. The van der Waals surface area contributed by atoms with E-state index in [4.69, 9.17) is 4.74 Å². The minimum absolute atomic E-state index is 0.0687. The van der Waals surface area contributed by atoms with Crippen LogP contribution >= 0.6 is 0 Å². The van der Waals surface area contributed by atoms with Crippen molar-refractivity contribution in [3.63, 3.8) is 0 Å². The van der Waals surface area contributed by atoms with Gasteiger partial charge in [-0.2, -0.15) is 8.70 Å². The Bertz CT molecular complexity index is 959. The fraction of sp³-hybridized carbons (Fsp3) is 0.368. The minimum atomic E-state index is -3.67. The number of hydrogen-bond acceptors (Lipinski definition) is 5. The lowest BCUT2D eigenvalue weighted by Crippen LogP contribution is -2.35. The predicted octanol–water partition coefficient (Wildman–Crippen LogP) is 3.05. The topological polar surface area (TPSA) is 88.6 Å². The summed E-state index contributed by atoms with van der Waals surface area (Å²) in [6.07, 6.45) is 3.85. The Morgan fingerprint density at radius 2 is 1.96 bits per heavy atom. The van der Waals surface area contributed by atoms with Crippen molar-refractivity contribution in [1.82, 2.24) is 9.29 Å². The van der Waals surface area contributed by atoms with Crippen molar-refractivity contribution in [2.24, 2.45) is 0 Å². The summed E-state index contributed by atoms with van der Waals surface area (Å²) in [5.74, 6) is -1.03. The van der Waals surface area contributed by atoms with Crippen LogP contribution in [-0.4, -0.2) is 43.3 Å². The molecule has 2 aromatic rings. The fourth-order valence-corrected chi connectivity index (χ4v) is 4.58. The molecule has 0 atom stereocenters. The van der Waals surface area contributed by atoms with Crippen molar-refractivity contribution < 1.29 is 22.3 Å². The number of sulfonamides is 1. The smallest absolute Gasteiger partial charge is 0.255 e. The number of anilines is 1. The molecule has 0 saturated carbocycles. The van der Waals surface area contributed by atoms with E-state index in [-0.39, 0.29) is 16.1 Å². The Hall–Kier alpha value is -2.52. The van der Waals surface area contributed by atoms with Crippen molar-refractivity contribution in [1.29, 1.82) is 0 Å². The van der Waals surface area contributed by atoms with E-state index in [0.717, 1.165) is 25.3 Å². The first-order valence-electron chi connectivity index (χ1n) is 9.11. The summed E-state index contributed by atoms with van der Waals surface area (Å²) >= 11 is 0. The van der Waals surface area contributed by atoms with Crippen LogP contribution in [0.15, 0.2) is 41.4 Å². The summed E-state index contributed by atoms with van der Waals surface area (Å²) in [5, 5.41) is 2.61. The molecule has 28 heavy (non-hydrogen) atoms. The highest BCUT2D eigenvalue weighted by molar-refractivity contribution is 7.89. The minimum Gasteiger partial charge on any atom is -0.492 e. The van der Waals surface area contributed by atoms with Crippen LogP contribution in [-0.2, 0) is 10.0 Å². The van der Waals surface area contributed by atoms with Crippen molar-refractivity contribution >= 4 is 21.6 Å². The molecule has 1 saturated heterocycles. The molecular formula is C19H22FN3O4S. The number of benzene rings is 1. The second-order valence-electron chi connectivity index (χ2n) is 6.38. The van der Waals surface area contributed by atoms with Crippen molar-refractivity contribution in [2.45, 2.75) is 31.1 Å². The van der Waals surface area contributed by atoms with Gasteiger partial charge in [0.25, 0.3) is 5.91 Å². The first-order valence-corrected chi connectivity index (χ1v) is 10.6. The number of rotatable bonds is 6. The molecule has 150 valence electrons. The molecule has 0 aliphatic carbocycles. The van der Waals surface area contributed by atoms with Crippen LogP contribution in [0.1, 0.15) is 36.5 Å². The van der Waals surface area contributed by atoms with Gasteiger partial charge >= 0.3 is 0 Å². The van der Waals surface area contributed by atoms with Crippen LogP contribution in [0.5, 0.6) is 5.75 Å². The van der Waals surface area contributed by atoms with Crippen LogP contribution in [0.2, 0.25) is 0 Å². The van der Waals surface area contributed by atoms with Gasteiger partial charge in [0.05, 0.1) is 17.2 Å². The van der Waals surface area contributed by atoms with Gasteiger partial charge in [0.1, 0.15) is 5.75 Å². The maximum absolute atomic E-state index is 13.3. The number of carbonyl (C=O) groups excluding carboxylic acids is 1. The number of pyridine rings is 1. The molecular weight excluding hydrogens is 385 g/mol. The molecule has 1 amide bonds. The van der Waals surface area contributed by atoms with E-state index in [1.54, 1.807) is 6.92 Å². The third kappa shape index (κ3) is 4.48. The van der Waals surface area contributed by atoms with E-state index in [9.17, 15) is 17.6 Å². The number of halogens is 1. The molecule has 0 radical (unpaired) electrons. The summed E-state index contributed by atoms with van der Waals surface area (Å²) in [7, 11) is -3.67. The summed E-state index contributed by atoms with van der Waals surface area (Å²) < 4.78 is 46.1. The second-order valence-corrected chi connectivity index (χ2v) is 8.32. The van der Waals surface area contributed by atoms with Gasteiger partial charge in [0, 0.05) is 30.9 Å². The molecule has 9 heteroatoms. The highest BCUT2D eigenvalue weighted by Crippen LogP contribution is 2.30. The number of piperidine rings is 1. The average Bonchev–Trinajstić information content (AvgIpc) is 2.70. The zero-order chi connectivity index (χ0) is 20.1. The van der Waals surface area contributed by atoms with Gasteiger partial charge in [-0.3, -0.25) is 4.79 Å². The lowest BCUT2D eigenvalue weighted by Gasteiger charge is -2.26. The van der Waals surface area contributed by atoms with Crippen LogP contribution < -0.4 is 10.1 Å². The highest BCUT2D eigenvalue weighted by Gasteiger charge is 2.27. The summed E-state index contributed by atoms with van der Waals surface area (Å²) in [6.45, 7) is 3.08. The molecule has 1 N–H and O–H groups in total. The van der Waals surface area contributed by atoms with E-state index in [1.807, 2.05) is 0 Å². The average molecular weight is 407 g/mol. The van der Waals surface area contributed by atoms with Gasteiger partial charge in [-0.1, -0.05) is 6.42 Å². The van der Waals surface area contributed by atoms with Gasteiger partial charge in [0.2, 0.25) is 16.0 Å². The van der Waals surface area contributed by atoms with Crippen LogP contribution in [0.3, 0.4) is 0 Å². The quantitative estimate of drug-likeness (QED) is 0.744. The van der Waals surface area contributed by atoms with Gasteiger partial charge in [-0.15, -0.1) is 0 Å². The first-order chi connectivity index (χ1) is 13.4. The molecule has 2 heterocycles. The molecule has 7 nitrogen and oxygen atoms in total. The summed E-state index contributed by atoms with van der Waals surface area (Å²) in [4.78, 5) is 16.0. The van der Waals surface area contributed by atoms with Gasteiger partial charge < -0.3 is 10.1 Å². The van der Waals surface area contributed by atoms with Crippen LogP contribution in [0.4, 0.5) is 10.1 Å². The summed E-state index contributed by atoms with van der Waals surface area (Å²) in [5.41, 5.74) is 0.279. The first kappa shape index (κ1) is 20.2. The largest absolute Gasteiger partial charge is 0.492 e. The van der Waals surface area contributed by atoms with E-state index in [0.29, 0.717) is 25.4 Å². The number of nitrogens with zero attached hydrogens (tertiary/aromatic N) is 2. The SMILES string of the molecule is CCOc1ccc(S(=O)(=O)N2CCCCC2)cc1NC(=O)c1ccnc(F)c1. The van der Waals surface area contributed by atoms with Crippen LogP contribution in [0.25, 0.3) is 0 Å². The van der Waals surface area contributed by atoms with E-state index in [1.165, 1.54) is 34.8 Å². The van der Waals surface area contributed by atoms with Crippen molar-refractivity contribution in [2.75, 3.05) is 25.0 Å². The molecule has 0 spiro atoms. The number of ether oxygens (including phenoxy) is 1. The molecule has 0 bridgehead atoms. The second kappa shape index (κ2) is 8.66. The summed E-state index contributed by atoms with van der Waals surface area (Å²) in [6, 6.07) is 6.74. The molecule has 3 rings (SSSR count). The molecule has 0 unspecified atom stereocenters. The van der Waals surface area contributed by atoms with E-state index < -0.39 is 21.9 Å². The molecule has 1 aromatic carbocycles. The molecule has 1 aliphatic rings. The van der Waals surface area contributed by atoms with Crippen molar-refractivity contribution in [3.05, 3.63) is 48.0 Å². The highest BCUT2D eigenvalue weighted by atomic mass is 32.2. The Kier molecular flexibility index (Phi) is 6.25. The Morgan fingerprint density at radius 3 is 2.64 bits per heavy atom. The fourth-order valence-electron chi connectivity index (χ4n) is 3.04. The Balaban J connectivity index is 1.92. The van der Waals surface area contributed by atoms with Gasteiger partial charge in [-0.25, -0.2) is 13.4 Å². The number of nitrogens with one attached hydrogen (secondary N) is 1. The molecule has 1 aromatic heterocycles. The maximum Gasteiger partial charge on any atom is 0.255 e. The monoisotopic (exact) mass is 407 g/mol. The molecule has 1 aliphatic heterocycles.